The Labute approximate surface area is 99.6 Å². The molecule has 1 N–H and O–H groups in total. The van der Waals surface area contributed by atoms with Crippen molar-refractivity contribution in [3.05, 3.63) is 29.5 Å². The fourth-order valence-corrected chi connectivity index (χ4v) is 1.88. The van der Waals surface area contributed by atoms with Crippen LogP contribution in [0.2, 0.25) is 0 Å². The summed E-state index contributed by atoms with van der Waals surface area (Å²) < 4.78 is 10.8. The average Bonchev–Trinajstić information content (AvgIpc) is 2.74. The molecule has 17 heavy (non-hydrogen) atoms. The van der Waals surface area contributed by atoms with Gasteiger partial charge in [0.15, 0.2) is 0 Å². The van der Waals surface area contributed by atoms with Crippen LogP contribution in [0.3, 0.4) is 0 Å². The van der Waals surface area contributed by atoms with Gasteiger partial charge in [-0.3, -0.25) is 4.79 Å². The van der Waals surface area contributed by atoms with Crippen molar-refractivity contribution in [1.29, 1.82) is 0 Å². The van der Waals surface area contributed by atoms with E-state index in [1.165, 1.54) is 0 Å². The van der Waals surface area contributed by atoms with Gasteiger partial charge >= 0.3 is 0 Å². The second-order valence-corrected chi connectivity index (χ2v) is 3.70. The zero-order valence-electron chi connectivity index (χ0n) is 10.2. The Morgan fingerprint density at radius 1 is 1.47 bits per heavy atom. The Bertz CT molecular complexity index is 557. The van der Waals surface area contributed by atoms with Gasteiger partial charge in [0.05, 0.1) is 12.7 Å². The highest BCUT2D eigenvalue weighted by atomic mass is 16.5. The number of benzene rings is 1. The molecular weight excluding hydrogens is 218 g/mol. The van der Waals surface area contributed by atoms with Gasteiger partial charge in [-0.1, -0.05) is 6.92 Å². The molecule has 1 heterocycles. The molecule has 0 spiro atoms. The van der Waals surface area contributed by atoms with Crippen LogP contribution in [0.15, 0.2) is 22.6 Å². The van der Waals surface area contributed by atoms with Gasteiger partial charge in [-0.25, -0.2) is 0 Å². The minimum absolute atomic E-state index is 0.120. The van der Waals surface area contributed by atoms with Gasteiger partial charge in [-0.15, -0.1) is 0 Å². The number of rotatable bonds is 3. The van der Waals surface area contributed by atoms with Crippen LogP contribution in [0.1, 0.15) is 23.0 Å². The Hall–Kier alpha value is -1.97. The first-order valence-corrected chi connectivity index (χ1v) is 5.52. The summed E-state index contributed by atoms with van der Waals surface area (Å²) in [6.07, 6.45) is 0.680. The van der Waals surface area contributed by atoms with E-state index in [9.17, 15) is 4.79 Å². The number of amides is 1. The number of fused-ring (bicyclic) bond motifs is 1. The molecule has 1 amide bonds. The van der Waals surface area contributed by atoms with Gasteiger partial charge in [0.1, 0.15) is 17.1 Å². The van der Waals surface area contributed by atoms with Gasteiger partial charge in [0, 0.05) is 24.9 Å². The lowest BCUT2D eigenvalue weighted by Crippen LogP contribution is -2.18. The van der Waals surface area contributed by atoms with Crippen molar-refractivity contribution in [2.45, 2.75) is 13.3 Å². The van der Waals surface area contributed by atoms with Crippen molar-refractivity contribution >= 4 is 16.9 Å². The molecule has 0 unspecified atom stereocenters. The molecule has 0 saturated heterocycles. The molecule has 0 saturated carbocycles. The summed E-state index contributed by atoms with van der Waals surface area (Å²) in [6.45, 7) is 1.96. The van der Waals surface area contributed by atoms with Crippen LogP contribution in [0.25, 0.3) is 11.0 Å². The highest BCUT2D eigenvalue weighted by Crippen LogP contribution is 2.29. The number of ether oxygens (including phenoxy) is 1. The van der Waals surface area contributed by atoms with E-state index in [4.69, 9.17) is 9.15 Å². The monoisotopic (exact) mass is 233 g/mol. The largest absolute Gasteiger partial charge is 0.497 e. The maximum atomic E-state index is 11.8. The maximum Gasteiger partial charge on any atom is 0.255 e. The molecule has 1 aromatic carbocycles. The van der Waals surface area contributed by atoms with Crippen LogP contribution < -0.4 is 10.1 Å². The first-order chi connectivity index (χ1) is 8.21. The standard InChI is InChI=1S/C13H15NO3/c1-4-10-12(13(15)14-2)9-6-5-8(16-3)7-11(9)17-10/h5-7H,4H2,1-3H3,(H,14,15). The zero-order valence-corrected chi connectivity index (χ0v) is 10.2. The van der Waals surface area contributed by atoms with Crippen molar-refractivity contribution in [3.63, 3.8) is 0 Å². The number of hydrogen-bond acceptors (Lipinski definition) is 3. The Morgan fingerprint density at radius 2 is 2.24 bits per heavy atom. The lowest BCUT2D eigenvalue weighted by Gasteiger charge is -2.00. The predicted octanol–water partition coefficient (Wildman–Crippen LogP) is 2.36. The third-order valence-electron chi connectivity index (χ3n) is 2.75. The summed E-state index contributed by atoms with van der Waals surface area (Å²) >= 11 is 0. The Balaban J connectivity index is 2.67. The molecule has 0 aliphatic carbocycles. The molecule has 0 atom stereocenters. The summed E-state index contributed by atoms with van der Waals surface area (Å²) in [5.74, 6) is 1.30. The van der Waals surface area contributed by atoms with Crippen LogP contribution in [0, 0.1) is 0 Å². The molecule has 0 bridgehead atoms. The SMILES string of the molecule is CCc1oc2cc(OC)ccc2c1C(=O)NC. The second kappa shape index (κ2) is 4.49. The average molecular weight is 233 g/mol. The van der Waals surface area contributed by atoms with Crippen LogP contribution in [0.5, 0.6) is 5.75 Å². The fraction of sp³-hybridized carbons (Fsp3) is 0.308. The van der Waals surface area contributed by atoms with Crippen LogP contribution in [-0.2, 0) is 6.42 Å². The molecule has 2 aromatic rings. The van der Waals surface area contributed by atoms with Gasteiger partial charge in [0.25, 0.3) is 5.91 Å². The van der Waals surface area contributed by atoms with E-state index < -0.39 is 0 Å². The molecule has 4 heteroatoms. The summed E-state index contributed by atoms with van der Waals surface area (Å²) in [6, 6.07) is 5.46. The van der Waals surface area contributed by atoms with E-state index in [-0.39, 0.29) is 5.91 Å². The lowest BCUT2D eigenvalue weighted by atomic mass is 10.1. The van der Waals surface area contributed by atoms with Crippen molar-refractivity contribution in [2.24, 2.45) is 0 Å². The number of nitrogens with one attached hydrogen (secondary N) is 1. The number of carbonyl (C=O) groups excluding carboxylic acids is 1. The number of methoxy groups -OCH3 is 1. The molecule has 4 nitrogen and oxygen atoms in total. The Morgan fingerprint density at radius 3 is 2.82 bits per heavy atom. The van der Waals surface area contributed by atoms with Gasteiger partial charge < -0.3 is 14.5 Å². The number of carbonyl (C=O) groups is 1. The van der Waals surface area contributed by atoms with Crippen LogP contribution in [0.4, 0.5) is 0 Å². The number of furan rings is 1. The van der Waals surface area contributed by atoms with E-state index in [0.717, 1.165) is 11.1 Å². The molecule has 0 fully saturated rings. The summed E-state index contributed by atoms with van der Waals surface area (Å²) in [7, 11) is 3.22. The van der Waals surface area contributed by atoms with E-state index in [2.05, 4.69) is 5.32 Å². The molecule has 0 aliphatic rings. The van der Waals surface area contributed by atoms with Crippen molar-refractivity contribution in [2.75, 3.05) is 14.2 Å². The Kier molecular flexibility index (Phi) is 3.04. The quantitative estimate of drug-likeness (QED) is 0.885. The maximum absolute atomic E-state index is 11.8. The number of aryl methyl sites for hydroxylation is 1. The topological polar surface area (TPSA) is 51.5 Å². The van der Waals surface area contributed by atoms with E-state index in [1.807, 2.05) is 19.1 Å². The molecule has 0 radical (unpaired) electrons. The minimum atomic E-state index is -0.120. The fourth-order valence-electron chi connectivity index (χ4n) is 1.88. The van der Waals surface area contributed by atoms with Gasteiger partial charge in [-0.2, -0.15) is 0 Å². The highest BCUT2D eigenvalue weighted by molar-refractivity contribution is 6.07. The van der Waals surface area contributed by atoms with E-state index in [0.29, 0.717) is 23.3 Å². The van der Waals surface area contributed by atoms with Crippen LogP contribution in [-0.4, -0.2) is 20.1 Å². The molecule has 1 aromatic heterocycles. The van der Waals surface area contributed by atoms with Crippen molar-refractivity contribution < 1.29 is 13.9 Å². The zero-order chi connectivity index (χ0) is 12.4. The third kappa shape index (κ3) is 1.86. The van der Waals surface area contributed by atoms with Gasteiger partial charge in [-0.05, 0) is 12.1 Å². The lowest BCUT2D eigenvalue weighted by molar-refractivity contribution is 0.0962. The third-order valence-corrected chi connectivity index (χ3v) is 2.75. The highest BCUT2D eigenvalue weighted by Gasteiger charge is 2.18. The summed E-state index contributed by atoms with van der Waals surface area (Å²) in [5, 5.41) is 3.45. The number of hydrogen-bond donors (Lipinski definition) is 1. The molecule has 2 rings (SSSR count). The predicted molar refractivity (Wildman–Crippen MR) is 65.5 cm³/mol. The summed E-state index contributed by atoms with van der Waals surface area (Å²) in [4.78, 5) is 11.8. The first kappa shape index (κ1) is 11.5. The van der Waals surface area contributed by atoms with E-state index >= 15 is 0 Å². The first-order valence-electron chi connectivity index (χ1n) is 5.52. The van der Waals surface area contributed by atoms with Crippen LogP contribution >= 0.6 is 0 Å². The smallest absolute Gasteiger partial charge is 0.255 e. The van der Waals surface area contributed by atoms with E-state index in [1.54, 1.807) is 20.2 Å². The second-order valence-electron chi connectivity index (χ2n) is 3.70. The minimum Gasteiger partial charge on any atom is -0.497 e. The summed E-state index contributed by atoms with van der Waals surface area (Å²) in [5.41, 5.74) is 1.30. The van der Waals surface area contributed by atoms with Crippen molar-refractivity contribution in [1.82, 2.24) is 5.32 Å². The molecule has 0 aliphatic heterocycles. The molecular formula is C13H15NO3. The molecule has 90 valence electrons. The normalized spacial score (nSPS) is 10.5. The van der Waals surface area contributed by atoms with Crippen molar-refractivity contribution in [3.8, 4) is 5.75 Å². The van der Waals surface area contributed by atoms with Gasteiger partial charge in [0.2, 0.25) is 0 Å².